The number of hydrogen-bond acceptors (Lipinski definition) is 7. The van der Waals surface area contributed by atoms with Gasteiger partial charge in [0.1, 0.15) is 12.1 Å². The zero-order chi connectivity index (χ0) is 38.4. The van der Waals surface area contributed by atoms with Gasteiger partial charge in [0.05, 0.1) is 12.1 Å². The van der Waals surface area contributed by atoms with Gasteiger partial charge in [-0.25, -0.2) is 4.79 Å². The molecule has 2 saturated carbocycles. The number of urea groups is 1. The van der Waals surface area contributed by atoms with E-state index >= 15 is 0 Å². The van der Waals surface area contributed by atoms with E-state index in [4.69, 9.17) is 0 Å². The lowest BCUT2D eigenvalue weighted by Crippen LogP contribution is -2.63. The molecule has 2 aliphatic carbocycles. The number of amides is 7. The molecule has 284 valence electrons. The standard InChI is InChI=1S/C38H60N6O7/c1-12-15-39-32(49)29(47)23(16-21-13-14-21)40-31(48)28-27-22(38(27,10)11)19-44(28)33(50)30(36(5,6)7)42-34(51)41-24(35(2,3)4)20-43-25(45)17-37(8,9)18-26(43)46/h12,21-24,27-28,30H,1,13-20H2,2-11H3,(H,39,49)(H,40,48)(H2,41,42,51)/t22-,23?,24?,27-,28?,30?/m0/s1. The molecule has 13 heteroatoms. The molecule has 0 spiro atoms. The maximum atomic E-state index is 14.5. The molecule has 2 saturated heterocycles. The lowest BCUT2D eigenvalue weighted by molar-refractivity contribution is -0.153. The van der Waals surface area contributed by atoms with Gasteiger partial charge >= 0.3 is 6.03 Å². The third kappa shape index (κ3) is 9.18. The minimum Gasteiger partial charge on any atom is -0.346 e. The fraction of sp³-hybridized carbons (Fsp3) is 0.763. The Kier molecular flexibility index (Phi) is 11.2. The molecule has 4 unspecified atom stereocenters. The molecule has 0 bridgehead atoms. The summed E-state index contributed by atoms with van der Waals surface area (Å²) in [6.07, 6.45) is 4.10. The summed E-state index contributed by atoms with van der Waals surface area (Å²) in [6, 6.07) is -4.20. The van der Waals surface area contributed by atoms with Crippen molar-refractivity contribution in [2.45, 2.75) is 126 Å². The van der Waals surface area contributed by atoms with Crippen molar-refractivity contribution >= 4 is 41.4 Å². The molecule has 51 heavy (non-hydrogen) atoms. The number of Topliss-reactive ketones (excluding diaryl/α,β-unsaturated/α-hetero) is 1. The van der Waals surface area contributed by atoms with Gasteiger partial charge in [-0.15, -0.1) is 6.58 Å². The van der Waals surface area contributed by atoms with Crippen molar-refractivity contribution in [3.8, 4) is 0 Å². The van der Waals surface area contributed by atoms with Gasteiger partial charge in [-0.1, -0.05) is 88.2 Å². The first-order valence-electron chi connectivity index (χ1n) is 18.3. The van der Waals surface area contributed by atoms with E-state index < -0.39 is 69.9 Å². The molecule has 4 N–H and O–H groups in total. The first-order valence-corrected chi connectivity index (χ1v) is 18.3. The van der Waals surface area contributed by atoms with E-state index in [9.17, 15) is 33.6 Å². The molecule has 4 fully saturated rings. The number of carbonyl (C=O) groups excluding carboxylic acids is 7. The van der Waals surface area contributed by atoms with Crippen LogP contribution in [0.15, 0.2) is 12.7 Å². The Morgan fingerprint density at radius 2 is 1.49 bits per heavy atom. The van der Waals surface area contributed by atoms with Crippen molar-refractivity contribution < 1.29 is 33.6 Å². The van der Waals surface area contributed by atoms with E-state index in [1.54, 1.807) is 0 Å². The van der Waals surface area contributed by atoms with Gasteiger partial charge in [-0.2, -0.15) is 0 Å². The van der Waals surface area contributed by atoms with Gasteiger partial charge < -0.3 is 26.2 Å². The highest BCUT2D eigenvalue weighted by molar-refractivity contribution is 6.38. The monoisotopic (exact) mass is 712 g/mol. The molecular formula is C38H60N6O7. The summed E-state index contributed by atoms with van der Waals surface area (Å²) < 4.78 is 0. The molecule has 4 aliphatic rings. The van der Waals surface area contributed by atoms with Gasteiger partial charge in [0.2, 0.25) is 29.4 Å². The molecule has 7 amide bonds. The highest BCUT2D eigenvalue weighted by Gasteiger charge is 2.70. The second kappa shape index (κ2) is 14.3. The summed E-state index contributed by atoms with van der Waals surface area (Å²) in [5, 5.41) is 11.2. The van der Waals surface area contributed by atoms with Gasteiger partial charge in [-0.3, -0.25) is 33.7 Å². The third-order valence-electron chi connectivity index (χ3n) is 11.3. The van der Waals surface area contributed by atoms with Crippen LogP contribution in [0.4, 0.5) is 4.79 Å². The number of rotatable bonds is 13. The van der Waals surface area contributed by atoms with E-state index in [2.05, 4.69) is 41.7 Å². The zero-order valence-corrected chi connectivity index (χ0v) is 32.2. The molecule has 13 nitrogen and oxygen atoms in total. The maximum absolute atomic E-state index is 14.5. The first kappa shape index (κ1) is 40.0. The Morgan fingerprint density at radius 3 is 2.00 bits per heavy atom. The molecule has 2 heterocycles. The number of ketones is 1. The number of nitrogens with zero attached hydrogens (tertiary/aromatic N) is 2. The molecular weight excluding hydrogens is 652 g/mol. The van der Waals surface area contributed by atoms with Crippen LogP contribution in [0, 0.1) is 39.4 Å². The predicted molar refractivity (Wildman–Crippen MR) is 192 cm³/mol. The van der Waals surface area contributed by atoms with Crippen molar-refractivity contribution in [1.29, 1.82) is 0 Å². The fourth-order valence-electron chi connectivity index (χ4n) is 7.68. The number of likely N-dealkylation sites (tertiary alicyclic amines) is 2. The van der Waals surface area contributed by atoms with Crippen LogP contribution < -0.4 is 21.3 Å². The fourth-order valence-corrected chi connectivity index (χ4v) is 7.68. The highest BCUT2D eigenvalue weighted by atomic mass is 16.2. The molecule has 4 rings (SSSR count). The van der Waals surface area contributed by atoms with Crippen LogP contribution in [0.3, 0.4) is 0 Å². The Bertz CT molecular complexity index is 1430. The van der Waals surface area contributed by atoms with Crippen molar-refractivity contribution in [2.75, 3.05) is 19.6 Å². The molecule has 0 aromatic carbocycles. The van der Waals surface area contributed by atoms with E-state index in [1.165, 1.54) is 15.9 Å². The largest absolute Gasteiger partial charge is 0.346 e. The van der Waals surface area contributed by atoms with E-state index in [1.807, 2.05) is 55.4 Å². The topological polar surface area (TPSA) is 174 Å². The Morgan fingerprint density at radius 1 is 0.902 bits per heavy atom. The normalized spacial score (nSPS) is 25.6. The second-order valence-corrected chi connectivity index (χ2v) is 18.7. The summed E-state index contributed by atoms with van der Waals surface area (Å²) in [7, 11) is 0. The van der Waals surface area contributed by atoms with Crippen LogP contribution >= 0.6 is 0 Å². The van der Waals surface area contributed by atoms with Crippen LogP contribution in [0.5, 0.6) is 0 Å². The van der Waals surface area contributed by atoms with E-state index in [-0.39, 0.29) is 60.9 Å². The molecule has 0 aromatic rings. The van der Waals surface area contributed by atoms with Crippen molar-refractivity contribution in [1.82, 2.24) is 31.1 Å². The number of hydrogen-bond donors (Lipinski definition) is 4. The van der Waals surface area contributed by atoms with E-state index in [0.717, 1.165) is 12.8 Å². The van der Waals surface area contributed by atoms with Crippen LogP contribution in [-0.2, 0) is 28.8 Å². The lowest BCUT2D eigenvalue weighted by atomic mass is 9.80. The number of carbonyl (C=O) groups is 7. The number of imide groups is 1. The SMILES string of the molecule is C=CCNC(=O)C(=O)C(CC1CC1)NC(=O)C1[C@@H]2[C@H](CN1C(=O)C(NC(=O)NC(CN1C(=O)CC(C)(C)CC1=O)C(C)(C)C)C(C)(C)C)C2(C)C. The molecule has 0 radical (unpaired) electrons. The summed E-state index contributed by atoms with van der Waals surface area (Å²) >= 11 is 0. The van der Waals surface area contributed by atoms with Gasteiger partial charge in [0, 0.05) is 32.5 Å². The maximum Gasteiger partial charge on any atom is 0.315 e. The lowest BCUT2D eigenvalue weighted by Gasteiger charge is -2.40. The van der Waals surface area contributed by atoms with Crippen LogP contribution in [0.1, 0.15) is 101 Å². The van der Waals surface area contributed by atoms with Crippen molar-refractivity contribution in [3.05, 3.63) is 12.7 Å². The third-order valence-corrected chi connectivity index (χ3v) is 11.3. The summed E-state index contributed by atoms with van der Waals surface area (Å²) in [4.78, 5) is 96.7. The van der Waals surface area contributed by atoms with Gasteiger partial charge in [0.15, 0.2) is 0 Å². The highest BCUT2D eigenvalue weighted by Crippen LogP contribution is 2.65. The Hall–Kier alpha value is -3.77. The van der Waals surface area contributed by atoms with Gasteiger partial charge in [0.25, 0.3) is 5.91 Å². The van der Waals surface area contributed by atoms with Gasteiger partial charge in [-0.05, 0) is 45.8 Å². The molecule has 0 aromatic heterocycles. The van der Waals surface area contributed by atoms with Crippen molar-refractivity contribution in [2.24, 2.45) is 39.4 Å². The number of fused-ring (bicyclic) bond motifs is 1. The number of nitrogens with one attached hydrogen (secondary N) is 4. The summed E-state index contributed by atoms with van der Waals surface area (Å²) in [5.41, 5.74) is -1.96. The molecule has 2 aliphatic heterocycles. The Balaban J connectivity index is 1.52. The van der Waals surface area contributed by atoms with Crippen LogP contribution in [0.2, 0.25) is 0 Å². The quantitative estimate of drug-likeness (QED) is 0.129. The summed E-state index contributed by atoms with van der Waals surface area (Å²) in [6.45, 7) is 23.0. The zero-order valence-electron chi connectivity index (χ0n) is 32.2. The predicted octanol–water partition coefficient (Wildman–Crippen LogP) is 2.93. The van der Waals surface area contributed by atoms with Crippen LogP contribution in [-0.4, -0.2) is 95.0 Å². The smallest absolute Gasteiger partial charge is 0.315 e. The average Bonchev–Trinajstić information content (AvgIpc) is 3.84. The first-order chi connectivity index (χ1) is 23.4. The second-order valence-electron chi connectivity index (χ2n) is 18.7. The van der Waals surface area contributed by atoms with Crippen LogP contribution in [0.25, 0.3) is 0 Å². The molecule has 6 atom stereocenters. The van der Waals surface area contributed by atoms with E-state index in [0.29, 0.717) is 13.0 Å². The summed E-state index contributed by atoms with van der Waals surface area (Å²) in [5.74, 6) is -2.86. The average molecular weight is 713 g/mol. The van der Waals surface area contributed by atoms with Crippen molar-refractivity contribution in [3.63, 3.8) is 0 Å². The Labute approximate surface area is 302 Å². The minimum atomic E-state index is -1.04. The number of piperidine rings is 2. The minimum absolute atomic E-state index is 0.00202.